The highest BCUT2D eigenvalue weighted by atomic mass is 32.1. The maximum absolute atomic E-state index is 8.88. The van der Waals surface area contributed by atoms with Crippen LogP contribution in [0.25, 0.3) is 11.3 Å². The normalized spacial score (nSPS) is 10.5. The highest BCUT2D eigenvalue weighted by Crippen LogP contribution is 2.29. The van der Waals surface area contributed by atoms with E-state index in [2.05, 4.69) is 11.1 Å². The van der Waals surface area contributed by atoms with E-state index < -0.39 is 0 Å². The van der Waals surface area contributed by atoms with Crippen molar-refractivity contribution in [2.75, 3.05) is 0 Å². The first-order chi connectivity index (χ1) is 7.22. The molecular weight excluding hydrogens is 208 g/mol. The Balaban J connectivity index is 2.42. The standard InChI is InChI=1S/C11H10N2OS/c1-7(2)11-13-6-9(14-11)8-3-4-15-10(8)5-12/h3-4,6-7H,1-2H3. The Bertz CT molecular complexity index is 505. The molecule has 2 heterocycles. The van der Waals surface area contributed by atoms with Crippen molar-refractivity contribution in [1.82, 2.24) is 4.98 Å². The molecule has 2 rings (SSSR count). The lowest BCUT2D eigenvalue weighted by Gasteiger charge is -1.96. The van der Waals surface area contributed by atoms with Gasteiger partial charge in [-0.3, -0.25) is 0 Å². The molecule has 0 aliphatic rings. The number of nitrogens with zero attached hydrogens (tertiary/aromatic N) is 2. The van der Waals surface area contributed by atoms with Crippen molar-refractivity contribution in [3.8, 4) is 17.4 Å². The molecule has 15 heavy (non-hydrogen) atoms. The van der Waals surface area contributed by atoms with E-state index in [1.165, 1.54) is 11.3 Å². The Morgan fingerprint density at radius 2 is 2.33 bits per heavy atom. The average molecular weight is 218 g/mol. The van der Waals surface area contributed by atoms with Crippen LogP contribution < -0.4 is 0 Å². The predicted molar refractivity (Wildman–Crippen MR) is 58.6 cm³/mol. The lowest BCUT2D eigenvalue weighted by atomic mass is 10.2. The summed E-state index contributed by atoms with van der Waals surface area (Å²) in [6, 6.07) is 4.03. The van der Waals surface area contributed by atoms with Gasteiger partial charge in [-0.05, 0) is 11.4 Å². The maximum atomic E-state index is 8.88. The van der Waals surface area contributed by atoms with E-state index >= 15 is 0 Å². The first-order valence-electron chi connectivity index (χ1n) is 4.66. The number of aromatic nitrogens is 1. The summed E-state index contributed by atoms with van der Waals surface area (Å²) in [7, 11) is 0. The van der Waals surface area contributed by atoms with Crippen molar-refractivity contribution >= 4 is 11.3 Å². The van der Waals surface area contributed by atoms with Crippen LogP contribution in [0.1, 0.15) is 30.5 Å². The second kappa shape index (κ2) is 3.87. The molecule has 0 atom stereocenters. The summed E-state index contributed by atoms with van der Waals surface area (Å²) in [5.74, 6) is 1.65. The highest BCUT2D eigenvalue weighted by molar-refractivity contribution is 7.11. The monoisotopic (exact) mass is 218 g/mol. The molecule has 0 bridgehead atoms. The number of nitriles is 1. The molecule has 0 saturated carbocycles. The first kappa shape index (κ1) is 9.94. The van der Waals surface area contributed by atoms with Gasteiger partial charge in [0.15, 0.2) is 11.7 Å². The van der Waals surface area contributed by atoms with E-state index in [0.29, 0.717) is 16.5 Å². The van der Waals surface area contributed by atoms with Gasteiger partial charge >= 0.3 is 0 Å². The summed E-state index contributed by atoms with van der Waals surface area (Å²) in [5.41, 5.74) is 0.835. The lowest BCUT2D eigenvalue weighted by Crippen LogP contribution is -1.84. The van der Waals surface area contributed by atoms with Crippen LogP contribution in [0.15, 0.2) is 22.1 Å². The zero-order valence-corrected chi connectivity index (χ0v) is 9.34. The molecule has 0 spiro atoms. The zero-order valence-electron chi connectivity index (χ0n) is 8.52. The van der Waals surface area contributed by atoms with Crippen LogP contribution in [0, 0.1) is 11.3 Å². The van der Waals surface area contributed by atoms with Gasteiger partial charge in [0.2, 0.25) is 0 Å². The van der Waals surface area contributed by atoms with Crippen LogP contribution in [-0.4, -0.2) is 4.98 Å². The van der Waals surface area contributed by atoms with E-state index in [9.17, 15) is 0 Å². The van der Waals surface area contributed by atoms with Gasteiger partial charge < -0.3 is 4.42 Å². The molecular formula is C11H10N2OS. The van der Waals surface area contributed by atoms with Crippen molar-refractivity contribution in [2.24, 2.45) is 0 Å². The predicted octanol–water partition coefficient (Wildman–Crippen LogP) is 3.40. The van der Waals surface area contributed by atoms with Crippen LogP contribution in [0.4, 0.5) is 0 Å². The molecule has 2 aromatic rings. The van der Waals surface area contributed by atoms with E-state index in [1.54, 1.807) is 6.20 Å². The van der Waals surface area contributed by atoms with E-state index in [-0.39, 0.29) is 5.92 Å². The van der Waals surface area contributed by atoms with Gasteiger partial charge in [0, 0.05) is 11.5 Å². The molecule has 76 valence electrons. The third kappa shape index (κ3) is 1.79. The summed E-state index contributed by atoms with van der Waals surface area (Å²) in [6.07, 6.45) is 1.68. The van der Waals surface area contributed by atoms with Crippen LogP contribution >= 0.6 is 11.3 Å². The molecule has 4 heteroatoms. The summed E-state index contributed by atoms with van der Waals surface area (Å²) >= 11 is 1.41. The van der Waals surface area contributed by atoms with Crippen LogP contribution in [0.2, 0.25) is 0 Å². The largest absolute Gasteiger partial charge is 0.440 e. The lowest BCUT2D eigenvalue weighted by molar-refractivity contribution is 0.481. The minimum absolute atomic E-state index is 0.267. The quantitative estimate of drug-likeness (QED) is 0.776. The van der Waals surface area contributed by atoms with Gasteiger partial charge in [0.1, 0.15) is 10.9 Å². The number of rotatable bonds is 2. The second-order valence-electron chi connectivity index (χ2n) is 3.49. The fraction of sp³-hybridized carbons (Fsp3) is 0.273. The number of thiophene rings is 1. The Morgan fingerprint density at radius 3 is 2.93 bits per heavy atom. The fourth-order valence-electron chi connectivity index (χ4n) is 1.27. The molecule has 3 nitrogen and oxygen atoms in total. The van der Waals surface area contributed by atoms with E-state index in [0.717, 1.165) is 5.56 Å². The Morgan fingerprint density at radius 1 is 1.53 bits per heavy atom. The molecule has 0 aromatic carbocycles. The summed E-state index contributed by atoms with van der Waals surface area (Å²) in [4.78, 5) is 4.84. The number of hydrogen-bond donors (Lipinski definition) is 0. The third-order valence-corrected chi connectivity index (χ3v) is 2.87. The van der Waals surface area contributed by atoms with Gasteiger partial charge in [-0.2, -0.15) is 5.26 Å². The molecule has 0 saturated heterocycles. The van der Waals surface area contributed by atoms with Gasteiger partial charge in [-0.25, -0.2) is 4.98 Å². The number of hydrogen-bond acceptors (Lipinski definition) is 4. The summed E-state index contributed by atoms with van der Waals surface area (Å²) in [6.45, 7) is 4.04. The molecule has 0 aliphatic carbocycles. The van der Waals surface area contributed by atoms with Crippen molar-refractivity contribution in [3.05, 3.63) is 28.4 Å². The van der Waals surface area contributed by atoms with Gasteiger partial charge in [-0.15, -0.1) is 11.3 Å². The molecule has 0 unspecified atom stereocenters. The molecule has 0 aliphatic heterocycles. The molecule has 0 amide bonds. The average Bonchev–Trinajstić information content (AvgIpc) is 2.85. The van der Waals surface area contributed by atoms with Crippen LogP contribution in [0.3, 0.4) is 0 Å². The van der Waals surface area contributed by atoms with Gasteiger partial charge in [-0.1, -0.05) is 13.8 Å². The van der Waals surface area contributed by atoms with E-state index in [4.69, 9.17) is 9.68 Å². The molecule has 0 N–H and O–H groups in total. The van der Waals surface area contributed by atoms with Gasteiger partial charge in [0.05, 0.1) is 6.20 Å². The Hall–Kier alpha value is -1.60. The SMILES string of the molecule is CC(C)c1ncc(-c2ccsc2C#N)o1. The second-order valence-corrected chi connectivity index (χ2v) is 4.41. The van der Waals surface area contributed by atoms with Crippen molar-refractivity contribution < 1.29 is 4.42 Å². The van der Waals surface area contributed by atoms with Crippen LogP contribution in [0.5, 0.6) is 0 Å². The van der Waals surface area contributed by atoms with Gasteiger partial charge in [0.25, 0.3) is 0 Å². The smallest absolute Gasteiger partial charge is 0.197 e. The summed E-state index contributed by atoms with van der Waals surface area (Å²) in [5, 5.41) is 10.8. The first-order valence-corrected chi connectivity index (χ1v) is 5.54. The van der Waals surface area contributed by atoms with Crippen molar-refractivity contribution in [1.29, 1.82) is 5.26 Å². The molecule has 0 fully saturated rings. The number of oxazole rings is 1. The maximum Gasteiger partial charge on any atom is 0.197 e. The van der Waals surface area contributed by atoms with Crippen molar-refractivity contribution in [3.63, 3.8) is 0 Å². The highest BCUT2D eigenvalue weighted by Gasteiger charge is 2.13. The van der Waals surface area contributed by atoms with E-state index in [1.807, 2.05) is 25.3 Å². The molecule has 2 aromatic heterocycles. The topological polar surface area (TPSA) is 49.8 Å². The summed E-state index contributed by atoms with van der Waals surface area (Å²) < 4.78 is 5.58. The fourth-order valence-corrected chi connectivity index (χ4v) is 1.96. The zero-order chi connectivity index (χ0) is 10.8. The minimum Gasteiger partial charge on any atom is -0.440 e. The minimum atomic E-state index is 0.267. The van der Waals surface area contributed by atoms with Crippen molar-refractivity contribution in [2.45, 2.75) is 19.8 Å². The Labute approximate surface area is 92.0 Å². The molecule has 0 radical (unpaired) electrons. The Kier molecular flexibility index (Phi) is 2.57. The third-order valence-electron chi connectivity index (χ3n) is 2.05. The van der Waals surface area contributed by atoms with Crippen LogP contribution in [-0.2, 0) is 0 Å².